The van der Waals surface area contributed by atoms with Crippen LogP contribution in [0.5, 0.6) is 0 Å². The number of nitrogens with zero attached hydrogens (tertiary/aromatic N) is 4. The van der Waals surface area contributed by atoms with Crippen LogP contribution in [0.15, 0.2) is 24.3 Å². The van der Waals surface area contributed by atoms with E-state index in [1.807, 2.05) is 19.2 Å². The molecule has 2 rings (SSSR count). The summed E-state index contributed by atoms with van der Waals surface area (Å²) >= 11 is 5.99. The van der Waals surface area contributed by atoms with Crippen LogP contribution < -0.4 is 10.6 Å². The van der Waals surface area contributed by atoms with Gasteiger partial charge < -0.3 is 10.6 Å². The molecule has 0 spiro atoms. The Morgan fingerprint density at radius 1 is 1.19 bits per heavy atom. The lowest BCUT2D eigenvalue weighted by Crippen LogP contribution is -2.43. The van der Waals surface area contributed by atoms with E-state index in [4.69, 9.17) is 17.3 Å². The molecule has 1 atom stereocenters. The SMILES string of the molecule is CCC(CCN(C)c1nc(N)n[nH]1)N(CCc1ccc(Cl)cc1)C(C)C. The molecule has 1 aromatic heterocycles. The van der Waals surface area contributed by atoms with Crippen molar-refractivity contribution < 1.29 is 0 Å². The fourth-order valence-electron chi connectivity index (χ4n) is 3.26. The monoisotopic (exact) mass is 378 g/mol. The lowest BCUT2D eigenvalue weighted by molar-refractivity contribution is 0.144. The van der Waals surface area contributed by atoms with E-state index in [1.165, 1.54) is 5.56 Å². The average molecular weight is 379 g/mol. The molecule has 0 bridgehead atoms. The van der Waals surface area contributed by atoms with E-state index in [1.54, 1.807) is 0 Å². The Morgan fingerprint density at radius 3 is 2.42 bits per heavy atom. The largest absolute Gasteiger partial charge is 0.366 e. The number of hydrogen-bond acceptors (Lipinski definition) is 5. The highest BCUT2D eigenvalue weighted by Crippen LogP contribution is 2.17. The van der Waals surface area contributed by atoms with Crippen molar-refractivity contribution >= 4 is 23.5 Å². The molecule has 1 aromatic carbocycles. The van der Waals surface area contributed by atoms with Crippen LogP contribution in [0.3, 0.4) is 0 Å². The van der Waals surface area contributed by atoms with E-state index >= 15 is 0 Å². The number of aromatic nitrogens is 3. The fraction of sp³-hybridized carbons (Fsp3) is 0.579. The smallest absolute Gasteiger partial charge is 0.241 e. The molecule has 0 aliphatic heterocycles. The highest BCUT2D eigenvalue weighted by atomic mass is 35.5. The van der Waals surface area contributed by atoms with Crippen molar-refractivity contribution in [1.82, 2.24) is 20.1 Å². The molecular formula is C19H31ClN6. The topological polar surface area (TPSA) is 74.1 Å². The van der Waals surface area contributed by atoms with Crippen LogP contribution in [0.1, 0.15) is 39.2 Å². The van der Waals surface area contributed by atoms with Crippen LogP contribution in [0.4, 0.5) is 11.9 Å². The lowest BCUT2D eigenvalue weighted by atomic mass is 10.0. The van der Waals surface area contributed by atoms with E-state index in [0.29, 0.717) is 12.1 Å². The van der Waals surface area contributed by atoms with Gasteiger partial charge in [-0.3, -0.25) is 4.90 Å². The minimum Gasteiger partial charge on any atom is -0.366 e. The number of halogens is 1. The van der Waals surface area contributed by atoms with E-state index < -0.39 is 0 Å². The first-order chi connectivity index (χ1) is 12.4. The summed E-state index contributed by atoms with van der Waals surface area (Å²) in [6.45, 7) is 8.74. The van der Waals surface area contributed by atoms with E-state index in [2.05, 4.69) is 57.9 Å². The predicted octanol–water partition coefficient (Wildman–Crippen LogP) is 3.60. The number of nitrogens with one attached hydrogen (secondary N) is 1. The molecular weight excluding hydrogens is 348 g/mol. The maximum absolute atomic E-state index is 5.99. The summed E-state index contributed by atoms with van der Waals surface area (Å²) in [5, 5.41) is 7.55. The standard InChI is InChI=1S/C19H31ClN6/c1-5-17(11-12-25(4)19-22-18(21)23-24-19)26(14(2)3)13-10-15-6-8-16(20)9-7-15/h6-9,14,17H,5,10-13H2,1-4H3,(H3,21,22,23,24). The van der Waals surface area contributed by atoms with Crippen molar-refractivity contribution in [1.29, 1.82) is 0 Å². The highest BCUT2D eigenvalue weighted by molar-refractivity contribution is 6.30. The Balaban J connectivity index is 1.93. The number of hydrogen-bond donors (Lipinski definition) is 2. The number of nitrogens with two attached hydrogens (primary N) is 1. The van der Waals surface area contributed by atoms with Gasteiger partial charge in [0.2, 0.25) is 11.9 Å². The van der Waals surface area contributed by atoms with Gasteiger partial charge in [-0.15, -0.1) is 5.10 Å². The first kappa shape index (κ1) is 20.5. The second kappa shape index (κ2) is 9.78. The van der Waals surface area contributed by atoms with Gasteiger partial charge in [0, 0.05) is 37.2 Å². The van der Waals surface area contributed by atoms with Crippen molar-refractivity contribution in [2.75, 3.05) is 30.8 Å². The van der Waals surface area contributed by atoms with E-state index in [9.17, 15) is 0 Å². The van der Waals surface area contributed by atoms with Crippen LogP contribution in [-0.4, -0.2) is 52.3 Å². The zero-order chi connectivity index (χ0) is 19.1. The number of H-pyrrole nitrogens is 1. The molecule has 0 amide bonds. The Bertz CT molecular complexity index is 654. The van der Waals surface area contributed by atoms with Gasteiger partial charge in [-0.05, 0) is 50.8 Å². The summed E-state index contributed by atoms with van der Waals surface area (Å²) in [5.74, 6) is 1.00. The molecule has 144 valence electrons. The molecule has 0 aliphatic carbocycles. The second-order valence-electron chi connectivity index (χ2n) is 7.00. The molecule has 2 aromatic rings. The maximum atomic E-state index is 5.99. The Labute approximate surface area is 161 Å². The number of benzene rings is 1. The minimum absolute atomic E-state index is 0.283. The third kappa shape index (κ3) is 5.88. The van der Waals surface area contributed by atoms with Crippen LogP contribution in [0.25, 0.3) is 0 Å². The van der Waals surface area contributed by atoms with Gasteiger partial charge in [0.15, 0.2) is 0 Å². The molecule has 0 saturated carbocycles. The zero-order valence-electron chi connectivity index (χ0n) is 16.2. The summed E-state index contributed by atoms with van der Waals surface area (Å²) in [6, 6.07) is 9.18. The van der Waals surface area contributed by atoms with Crippen molar-refractivity contribution in [2.45, 2.75) is 52.1 Å². The Hall–Kier alpha value is -1.79. The summed E-state index contributed by atoms with van der Waals surface area (Å²) in [5.41, 5.74) is 6.92. The molecule has 3 N–H and O–H groups in total. The molecule has 0 saturated heterocycles. The summed E-state index contributed by atoms with van der Waals surface area (Å²) < 4.78 is 0. The molecule has 0 radical (unpaired) electrons. The van der Waals surface area contributed by atoms with Gasteiger partial charge >= 0.3 is 0 Å². The Kier molecular flexibility index (Phi) is 7.72. The second-order valence-corrected chi connectivity index (χ2v) is 7.43. The molecule has 7 heteroatoms. The van der Waals surface area contributed by atoms with Gasteiger partial charge in [0.1, 0.15) is 0 Å². The highest BCUT2D eigenvalue weighted by Gasteiger charge is 2.20. The normalized spacial score (nSPS) is 12.7. The third-order valence-electron chi connectivity index (χ3n) is 4.83. The molecule has 1 heterocycles. The van der Waals surface area contributed by atoms with Crippen molar-refractivity contribution in [3.8, 4) is 0 Å². The number of nitrogen functional groups attached to an aromatic ring is 1. The van der Waals surface area contributed by atoms with Gasteiger partial charge in [0.05, 0.1) is 0 Å². The summed E-state index contributed by atoms with van der Waals surface area (Å²) in [6.07, 6.45) is 3.21. The third-order valence-corrected chi connectivity index (χ3v) is 5.08. The van der Waals surface area contributed by atoms with Gasteiger partial charge in [-0.1, -0.05) is 30.7 Å². The van der Waals surface area contributed by atoms with Crippen molar-refractivity contribution in [3.63, 3.8) is 0 Å². The minimum atomic E-state index is 0.283. The lowest BCUT2D eigenvalue weighted by Gasteiger charge is -2.35. The van der Waals surface area contributed by atoms with Crippen LogP contribution in [0.2, 0.25) is 5.02 Å². The first-order valence-corrected chi connectivity index (χ1v) is 9.67. The molecule has 0 fully saturated rings. The zero-order valence-corrected chi connectivity index (χ0v) is 17.0. The fourth-order valence-corrected chi connectivity index (χ4v) is 3.39. The summed E-state index contributed by atoms with van der Waals surface area (Å²) in [7, 11) is 2.01. The van der Waals surface area contributed by atoms with Gasteiger partial charge in [-0.25, -0.2) is 5.10 Å². The number of anilines is 2. The van der Waals surface area contributed by atoms with Crippen molar-refractivity contribution in [2.24, 2.45) is 0 Å². The van der Waals surface area contributed by atoms with Crippen LogP contribution >= 0.6 is 11.6 Å². The van der Waals surface area contributed by atoms with Gasteiger partial charge in [0.25, 0.3) is 0 Å². The summed E-state index contributed by atoms with van der Waals surface area (Å²) in [4.78, 5) is 8.86. The average Bonchev–Trinajstić information content (AvgIpc) is 3.05. The molecule has 6 nitrogen and oxygen atoms in total. The first-order valence-electron chi connectivity index (χ1n) is 9.29. The van der Waals surface area contributed by atoms with Gasteiger partial charge in [-0.2, -0.15) is 4.98 Å². The van der Waals surface area contributed by atoms with E-state index in [0.717, 1.165) is 43.3 Å². The number of aromatic amines is 1. The maximum Gasteiger partial charge on any atom is 0.241 e. The van der Waals surface area contributed by atoms with Crippen molar-refractivity contribution in [3.05, 3.63) is 34.9 Å². The van der Waals surface area contributed by atoms with Crippen LogP contribution in [-0.2, 0) is 6.42 Å². The Morgan fingerprint density at radius 2 is 1.88 bits per heavy atom. The molecule has 26 heavy (non-hydrogen) atoms. The van der Waals surface area contributed by atoms with E-state index in [-0.39, 0.29) is 5.95 Å². The predicted molar refractivity (Wildman–Crippen MR) is 110 cm³/mol. The number of rotatable bonds is 10. The quantitative estimate of drug-likeness (QED) is 0.660. The van der Waals surface area contributed by atoms with Crippen LogP contribution in [0, 0.1) is 0 Å². The molecule has 0 aliphatic rings. The molecule has 1 unspecified atom stereocenters.